The second kappa shape index (κ2) is 5.58. The number of fused-ring (bicyclic) bond motifs is 13. The van der Waals surface area contributed by atoms with Crippen LogP contribution in [0.25, 0.3) is 67.7 Å². The topological polar surface area (TPSA) is 30.2 Å². The average Bonchev–Trinajstić information content (AvgIpc) is 3.52. The lowest BCUT2D eigenvalue weighted by molar-refractivity contribution is 1.27. The van der Waals surface area contributed by atoms with E-state index in [-0.39, 0.29) is 0 Å². The molecule has 3 aromatic carbocycles. The summed E-state index contributed by atoms with van der Waals surface area (Å²) in [7, 11) is 0. The van der Waals surface area contributed by atoms with Gasteiger partial charge >= 0.3 is 0 Å². The van der Waals surface area contributed by atoms with Crippen molar-refractivity contribution in [2.24, 2.45) is 0 Å². The molecule has 144 valence electrons. The number of rotatable bonds is 0. The van der Waals surface area contributed by atoms with E-state index >= 15 is 0 Å². The molecule has 0 amide bonds. The van der Waals surface area contributed by atoms with Crippen LogP contribution in [0.1, 0.15) is 0 Å². The molecule has 0 saturated carbocycles. The zero-order valence-electron chi connectivity index (χ0n) is 16.2. The summed E-state index contributed by atoms with van der Waals surface area (Å²) in [5.74, 6) is 0. The van der Waals surface area contributed by atoms with Crippen LogP contribution in [0.2, 0.25) is 0 Å². The Morgan fingerprint density at radius 1 is 0.645 bits per heavy atom. The van der Waals surface area contributed by atoms with Gasteiger partial charge < -0.3 is 0 Å². The van der Waals surface area contributed by atoms with Crippen molar-refractivity contribution in [3.63, 3.8) is 0 Å². The van der Waals surface area contributed by atoms with Gasteiger partial charge in [-0.2, -0.15) is 0 Å². The maximum Gasteiger partial charge on any atom is 0.146 e. The van der Waals surface area contributed by atoms with Crippen LogP contribution >= 0.6 is 22.7 Å². The van der Waals surface area contributed by atoms with Crippen molar-refractivity contribution >= 4 is 90.3 Å². The fraction of sp³-hybridized carbons (Fsp3) is 0. The van der Waals surface area contributed by atoms with Gasteiger partial charge in [0, 0.05) is 75.9 Å². The van der Waals surface area contributed by atoms with Crippen molar-refractivity contribution < 1.29 is 0 Å². The molecule has 0 aliphatic heterocycles. The van der Waals surface area contributed by atoms with Gasteiger partial charge in [0.2, 0.25) is 0 Å². The predicted octanol–water partition coefficient (Wildman–Crippen LogP) is 7.77. The number of hydrogen-bond donors (Lipinski definition) is 0. The van der Waals surface area contributed by atoms with Gasteiger partial charge in [-0.3, -0.25) is 9.38 Å². The number of hydrogen-bond acceptors (Lipinski definition) is 4. The number of benzene rings is 3. The van der Waals surface area contributed by atoms with Crippen LogP contribution in [-0.4, -0.2) is 14.4 Å². The first kappa shape index (κ1) is 16.2. The van der Waals surface area contributed by atoms with Gasteiger partial charge in [0.15, 0.2) is 0 Å². The summed E-state index contributed by atoms with van der Waals surface area (Å²) in [5.41, 5.74) is 2.15. The number of nitrogens with zero attached hydrogens (tertiary/aromatic N) is 3. The maximum absolute atomic E-state index is 4.62. The summed E-state index contributed by atoms with van der Waals surface area (Å²) in [6.07, 6.45) is 7.73. The average molecular weight is 432 g/mol. The van der Waals surface area contributed by atoms with Gasteiger partial charge in [0.1, 0.15) is 5.65 Å². The number of pyridine rings is 2. The molecular weight excluding hydrogens is 418 g/mol. The predicted molar refractivity (Wildman–Crippen MR) is 134 cm³/mol. The first-order valence-corrected chi connectivity index (χ1v) is 11.8. The number of imidazole rings is 1. The van der Waals surface area contributed by atoms with E-state index in [1.165, 1.54) is 56.6 Å². The molecule has 0 saturated heterocycles. The molecule has 8 rings (SSSR count). The molecule has 0 radical (unpaired) electrons. The minimum atomic E-state index is 0.960. The highest BCUT2D eigenvalue weighted by Crippen LogP contribution is 2.45. The fourth-order valence-corrected chi connectivity index (χ4v) is 7.28. The third-order valence-electron chi connectivity index (χ3n) is 6.34. The minimum absolute atomic E-state index is 0.960. The number of thiophene rings is 2. The Bertz CT molecular complexity index is 2010. The lowest BCUT2D eigenvalue weighted by atomic mass is 10.0. The molecule has 0 aliphatic rings. The van der Waals surface area contributed by atoms with Crippen LogP contribution in [0.5, 0.6) is 0 Å². The molecule has 8 aromatic rings. The van der Waals surface area contributed by atoms with Crippen molar-refractivity contribution in [1.29, 1.82) is 0 Å². The van der Waals surface area contributed by atoms with Crippen LogP contribution < -0.4 is 0 Å². The van der Waals surface area contributed by atoms with Crippen molar-refractivity contribution in [3.05, 3.63) is 79.4 Å². The Labute approximate surface area is 183 Å². The van der Waals surface area contributed by atoms with Gasteiger partial charge in [-0.25, -0.2) is 4.98 Å². The summed E-state index contributed by atoms with van der Waals surface area (Å²) in [5, 5.41) is 8.98. The van der Waals surface area contributed by atoms with Gasteiger partial charge in [-0.1, -0.05) is 18.2 Å². The molecule has 0 aliphatic carbocycles. The van der Waals surface area contributed by atoms with Crippen molar-refractivity contribution in [2.75, 3.05) is 0 Å². The second-order valence-electron chi connectivity index (χ2n) is 7.92. The molecule has 0 unspecified atom stereocenters. The highest BCUT2D eigenvalue weighted by molar-refractivity contribution is 7.28. The zero-order chi connectivity index (χ0) is 20.1. The summed E-state index contributed by atoms with van der Waals surface area (Å²) >= 11 is 3.76. The third kappa shape index (κ3) is 1.98. The van der Waals surface area contributed by atoms with Gasteiger partial charge in [0.25, 0.3) is 0 Å². The van der Waals surface area contributed by atoms with Crippen molar-refractivity contribution in [1.82, 2.24) is 14.4 Å². The van der Waals surface area contributed by atoms with E-state index in [1.54, 1.807) is 0 Å². The molecule has 5 heterocycles. The summed E-state index contributed by atoms with van der Waals surface area (Å²) in [6.45, 7) is 0. The lowest BCUT2D eigenvalue weighted by Crippen LogP contribution is -1.91. The van der Waals surface area contributed by atoms with E-state index in [0.29, 0.717) is 0 Å². The molecule has 5 heteroatoms. The van der Waals surface area contributed by atoms with Gasteiger partial charge in [-0.05, 0) is 41.8 Å². The highest BCUT2D eigenvalue weighted by atomic mass is 32.1. The molecule has 0 bridgehead atoms. The zero-order valence-corrected chi connectivity index (χ0v) is 17.8. The van der Waals surface area contributed by atoms with E-state index < -0.39 is 0 Å². The Morgan fingerprint density at radius 3 is 2.42 bits per heavy atom. The smallest absolute Gasteiger partial charge is 0.146 e. The first-order chi connectivity index (χ1) is 15.4. The Kier molecular flexibility index (Phi) is 2.91. The Morgan fingerprint density at radius 2 is 1.48 bits per heavy atom. The van der Waals surface area contributed by atoms with Crippen LogP contribution in [0.3, 0.4) is 0 Å². The molecule has 0 spiro atoms. The first-order valence-electron chi connectivity index (χ1n) is 10.2. The lowest BCUT2D eigenvalue weighted by Gasteiger charge is -2.08. The van der Waals surface area contributed by atoms with Crippen LogP contribution in [0.15, 0.2) is 79.4 Å². The van der Waals surface area contributed by atoms with Crippen molar-refractivity contribution in [3.8, 4) is 0 Å². The van der Waals surface area contributed by atoms with E-state index in [2.05, 4.69) is 69.0 Å². The molecule has 31 heavy (non-hydrogen) atoms. The summed E-state index contributed by atoms with van der Waals surface area (Å²) in [6, 6.07) is 20.2. The number of aromatic nitrogens is 3. The minimum Gasteiger partial charge on any atom is -0.299 e. The van der Waals surface area contributed by atoms with Crippen LogP contribution in [0, 0.1) is 0 Å². The normalized spacial score (nSPS) is 12.5. The standard InChI is InChI=1S/C26H13N3S2/c1-2-4-20-15(3-1)24-21(30-20)5-6-22-25(24)17-11-16-14-7-8-27-13-18(14)26-28-9-10-29(26)19(16)12-23(17)31-22/h1-13H. The van der Waals surface area contributed by atoms with E-state index in [9.17, 15) is 0 Å². The van der Waals surface area contributed by atoms with Gasteiger partial charge in [0.05, 0.1) is 5.52 Å². The van der Waals surface area contributed by atoms with E-state index in [4.69, 9.17) is 0 Å². The van der Waals surface area contributed by atoms with E-state index in [0.717, 1.165) is 11.0 Å². The van der Waals surface area contributed by atoms with Crippen LogP contribution in [-0.2, 0) is 0 Å². The molecular formula is C26H13N3S2. The third-order valence-corrected chi connectivity index (χ3v) is 8.60. The van der Waals surface area contributed by atoms with Crippen LogP contribution in [0.4, 0.5) is 0 Å². The fourth-order valence-electron chi connectivity index (χ4n) is 5.04. The molecule has 3 nitrogen and oxygen atoms in total. The quantitative estimate of drug-likeness (QED) is 0.230. The molecule has 5 aromatic heterocycles. The highest BCUT2D eigenvalue weighted by Gasteiger charge is 2.16. The summed E-state index contributed by atoms with van der Waals surface area (Å²) in [4.78, 5) is 8.99. The second-order valence-corrected chi connectivity index (χ2v) is 10.1. The van der Waals surface area contributed by atoms with Crippen molar-refractivity contribution in [2.45, 2.75) is 0 Å². The SMILES string of the molecule is c1ccc2c(c1)sc1ccc3sc4cc5c(cc4c3c12)c1ccncc1c1nccn51. The Hall–Kier alpha value is -3.54. The molecule has 0 fully saturated rings. The molecule has 0 N–H and O–H groups in total. The van der Waals surface area contributed by atoms with E-state index in [1.807, 2.05) is 47.5 Å². The maximum atomic E-state index is 4.62. The molecule has 0 atom stereocenters. The largest absolute Gasteiger partial charge is 0.299 e. The summed E-state index contributed by atoms with van der Waals surface area (Å²) < 4.78 is 7.55. The van der Waals surface area contributed by atoms with Gasteiger partial charge in [-0.15, -0.1) is 22.7 Å². The monoisotopic (exact) mass is 431 g/mol. The Balaban J connectivity index is 1.67.